The molecular weight excluding hydrogens is 451 g/mol. The minimum atomic E-state index is -0.250. The molecule has 0 atom stereocenters. The van der Waals surface area contributed by atoms with Gasteiger partial charge in [0.1, 0.15) is 5.82 Å². The monoisotopic (exact) mass is 488 g/mol. The number of carboxylic acid groups (broad SMARTS) is 1. The number of halogens is 1. The highest BCUT2D eigenvalue weighted by Crippen LogP contribution is 2.40. The molecule has 0 bridgehead atoms. The van der Waals surface area contributed by atoms with Crippen LogP contribution in [0.2, 0.25) is 0 Å². The van der Waals surface area contributed by atoms with Gasteiger partial charge in [0, 0.05) is 56.6 Å². The van der Waals surface area contributed by atoms with E-state index in [1.807, 2.05) is 31.7 Å². The zero-order valence-corrected chi connectivity index (χ0v) is 21.2. The van der Waals surface area contributed by atoms with Crippen molar-refractivity contribution in [2.24, 2.45) is 0 Å². The van der Waals surface area contributed by atoms with Gasteiger partial charge >= 0.3 is 0 Å². The number of fused-ring (bicyclic) bond motifs is 2. The van der Waals surface area contributed by atoms with Crippen LogP contribution in [0.25, 0.3) is 0 Å². The Morgan fingerprint density at radius 1 is 1.20 bits per heavy atom. The van der Waals surface area contributed by atoms with Gasteiger partial charge in [-0.1, -0.05) is 19.9 Å². The van der Waals surface area contributed by atoms with Gasteiger partial charge in [0.2, 0.25) is 5.91 Å². The van der Waals surface area contributed by atoms with E-state index in [0.29, 0.717) is 18.2 Å². The van der Waals surface area contributed by atoms with E-state index in [2.05, 4.69) is 9.58 Å². The van der Waals surface area contributed by atoms with Crippen LogP contribution in [0.5, 0.6) is 0 Å². The predicted octanol–water partition coefficient (Wildman–Crippen LogP) is 4.40. The summed E-state index contributed by atoms with van der Waals surface area (Å²) in [6.07, 6.45) is 4.67. The van der Waals surface area contributed by atoms with Crippen molar-refractivity contribution >= 4 is 23.9 Å². The summed E-state index contributed by atoms with van der Waals surface area (Å²) in [5.74, 6) is 0.807. The number of amides is 1. The van der Waals surface area contributed by atoms with Crippen molar-refractivity contribution < 1.29 is 23.8 Å². The van der Waals surface area contributed by atoms with E-state index in [1.54, 1.807) is 13.0 Å². The Labute approximate surface area is 206 Å². The molecule has 1 fully saturated rings. The third kappa shape index (κ3) is 5.66. The van der Waals surface area contributed by atoms with Crippen LogP contribution in [0.15, 0.2) is 12.1 Å². The number of carbonyl (C=O) groups excluding carboxylic acids is 1. The van der Waals surface area contributed by atoms with Crippen LogP contribution in [-0.2, 0) is 33.7 Å². The van der Waals surface area contributed by atoms with Crippen molar-refractivity contribution in [3.8, 4) is 0 Å². The Kier molecular flexibility index (Phi) is 9.26. The molecule has 1 N–H and O–H groups in total. The third-order valence-corrected chi connectivity index (χ3v) is 6.78. The molecule has 9 heteroatoms. The SMILES string of the molecule is CC.CC(=O)N1CCc2c(c(N3CCCc4cc(C)c(F)cc43)nn2C2CCOCC2)C1.O=CO. The molecule has 0 spiro atoms. The normalized spacial score (nSPS) is 17.3. The van der Waals surface area contributed by atoms with Crippen LogP contribution in [-0.4, -0.2) is 58.5 Å². The maximum absolute atomic E-state index is 14.5. The van der Waals surface area contributed by atoms with Crippen molar-refractivity contribution in [3.63, 3.8) is 0 Å². The Hall–Kier alpha value is -2.94. The predicted molar refractivity (Wildman–Crippen MR) is 133 cm³/mol. The van der Waals surface area contributed by atoms with Gasteiger partial charge in [-0.15, -0.1) is 0 Å². The quantitative estimate of drug-likeness (QED) is 0.631. The second kappa shape index (κ2) is 12.2. The molecule has 1 aromatic carbocycles. The summed E-state index contributed by atoms with van der Waals surface area (Å²) >= 11 is 0. The zero-order chi connectivity index (χ0) is 25.5. The second-order valence-electron chi connectivity index (χ2n) is 8.82. The summed E-state index contributed by atoms with van der Waals surface area (Å²) in [5.41, 5.74) is 5.14. The molecule has 3 aliphatic heterocycles. The van der Waals surface area contributed by atoms with Gasteiger partial charge < -0.3 is 19.6 Å². The number of anilines is 2. The number of aromatic nitrogens is 2. The maximum atomic E-state index is 14.5. The van der Waals surface area contributed by atoms with Crippen LogP contribution >= 0.6 is 0 Å². The lowest BCUT2D eigenvalue weighted by atomic mass is 9.98. The van der Waals surface area contributed by atoms with Gasteiger partial charge in [-0.3, -0.25) is 14.3 Å². The molecule has 0 radical (unpaired) electrons. The lowest BCUT2D eigenvalue weighted by molar-refractivity contribution is -0.129. The van der Waals surface area contributed by atoms with E-state index < -0.39 is 0 Å². The highest BCUT2D eigenvalue weighted by atomic mass is 19.1. The van der Waals surface area contributed by atoms with E-state index >= 15 is 0 Å². The summed E-state index contributed by atoms with van der Waals surface area (Å²) in [5, 5.41) is 12.0. The Bertz CT molecular complexity index is 1030. The van der Waals surface area contributed by atoms with Gasteiger partial charge in [0.15, 0.2) is 5.82 Å². The zero-order valence-electron chi connectivity index (χ0n) is 21.2. The van der Waals surface area contributed by atoms with Gasteiger partial charge in [-0.2, -0.15) is 5.10 Å². The molecule has 0 unspecified atom stereocenters. The number of carbonyl (C=O) groups is 2. The molecule has 192 valence electrons. The summed E-state index contributed by atoms with van der Waals surface area (Å²) < 4.78 is 22.2. The van der Waals surface area contributed by atoms with Crippen molar-refractivity contribution in [2.75, 3.05) is 31.2 Å². The highest BCUT2D eigenvalue weighted by molar-refractivity contribution is 5.75. The summed E-state index contributed by atoms with van der Waals surface area (Å²) in [4.78, 5) is 24.5. The molecule has 5 rings (SSSR count). The number of rotatable bonds is 2. The largest absolute Gasteiger partial charge is 0.483 e. The molecule has 0 saturated carbocycles. The number of ether oxygens (including phenoxy) is 1. The highest BCUT2D eigenvalue weighted by Gasteiger charge is 2.33. The molecule has 1 amide bonds. The molecule has 2 aromatic rings. The lowest BCUT2D eigenvalue weighted by Gasteiger charge is -2.32. The minimum Gasteiger partial charge on any atom is -0.483 e. The van der Waals surface area contributed by atoms with Gasteiger partial charge in [0.25, 0.3) is 6.47 Å². The Morgan fingerprint density at radius 3 is 2.54 bits per heavy atom. The average Bonchev–Trinajstić information content (AvgIpc) is 3.25. The molecule has 4 heterocycles. The Morgan fingerprint density at radius 2 is 1.89 bits per heavy atom. The van der Waals surface area contributed by atoms with Gasteiger partial charge in [-0.25, -0.2) is 4.39 Å². The molecule has 0 aliphatic carbocycles. The van der Waals surface area contributed by atoms with Gasteiger partial charge in [-0.05, 0) is 49.8 Å². The van der Waals surface area contributed by atoms with Crippen molar-refractivity contribution in [3.05, 3.63) is 40.3 Å². The van der Waals surface area contributed by atoms with E-state index in [9.17, 15) is 9.18 Å². The minimum absolute atomic E-state index is 0.0890. The van der Waals surface area contributed by atoms with Crippen LogP contribution in [0.4, 0.5) is 15.9 Å². The van der Waals surface area contributed by atoms with E-state index in [4.69, 9.17) is 19.7 Å². The first-order valence-corrected chi connectivity index (χ1v) is 12.5. The second-order valence-corrected chi connectivity index (χ2v) is 8.82. The van der Waals surface area contributed by atoms with E-state index in [1.165, 1.54) is 11.3 Å². The number of hydrogen-bond donors (Lipinski definition) is 1. The van der Waals surface area contributed by atoms with Crippen molar-refractivity contribution in [2.45, 2.75) is 72.4 Å². The fourth-order valence-electron chi connectivity index (χ4n) is 5.10. The molecule has 1 saturated heterocycles. The topological polar surface area (TPSA) is 87.9 Å². The third-order valence-electron chi connectivity index (χ3n) is 6.78. The standard InChI is InChI=1S/C23H29FN4O2.C2H6.CH2O2/c1-15-12-17-4-3-8-27(22(17)13-20(15)24)23-19-14-26(16(2)29)9-5-21(19)28(25-23)18-6-10-30-11-7-18;1-2;2-1-3/h12-13,18H,3-11,14H2,1-2H3;1-2H3;1H,(H,2,3). The summed E-state index contributed by atoms with van der Waals surface area (Å²) in [7, 11) is 0. The average molecular weight is 489 g/mol. The first-order chi connectivity index (χ1) is 16.9. The molecular formula is C26H37FN4O4. The van der Waals surface area contributed by atoms with Crippen molar-refractivity contribution in [1.82, 2.24) is 14.7 Å². The van der Waals surface area contributed by atoms with Crippen LogP contribution < -0.4 is 4.90 Å². The van der Waals surface area contributed by atoms with Crippen LogP contribution in [0.1, 0.15) is 68.5 Å². The van der Waals surface area contributed by atoms with Crippen LogP contribution in [0, 0.1) is 12.7 Å². The maximum Gasteiger partial charge on any atom is 0.290 e. The molecule has 3 aliphatic rings. The first kappa shape index (κ1) is 26.7. The number of nitrogens with zero attached hydrogens (tertiary/aromatic N) is 4. The van der Waals surface area contributed by atoms with Crippen molar-refractivity contribution in [1.29, 1.82) is 0 Å². The van der Waals surface area contributed by atoms with Gasteiger partial charge in [0.05, 0.1) is 12.6 Å². The summed E-state index contributed by atoms with van der Waals surface area (Å²) in [6, 6.07) is 3.96. The fourth-order valence-corrected chi connectivity index (χ4v) is 5.10. The van der Waals surface area contributed by atoms with Crippen LogP contribution in [0.3, 0.4) is 0 Å². The molecule has 8 nitrogen and oxygen atoms in total. The fraction of sp³-hybridized carbons (Fsp3) is 0.577. The summed E-state index contributed by atoms with van der Waals surface area (Å²) in [6.45, 7) is 10.8. The number of hydrogen-bond acceptors (Lipinski definition) is 5. The molecule has 35 heavy (non-hydrogen) atoms. The molecule has 1 aromatic heterocycles. The Balaban J connectivity index is 0.000000638. The number of benzene rings is 1. The van der Waals surface area contributed by atoms with E-state index in [0.717, 1.165) is 75.5 Å². The smallest absolute Gasteiger partial charge is 0.290 e. The first-order valence-electron chi connectivity index (χ1n) is 12.5. The van der Waals surface area contributed by atoms with E-state index in [-0.39, 0.29) is 18.2 Å². The lowest BCUT2D eigenvalue weighted by Crippen LogP contribution is -2.36. The number of aryl methyl sites for hydroxylation is 2.